The maximum atomic E-state index is 12.8. The molecule has 86 heavy (non-hydrogen) atoms. The molecular formula is C76H125NO8P+. The van der Waals surface area contributed by atoms with Crippen LogP contribution in [0.4, 0.5) is 0 Å². The smallest absolute Gasteiger partial charge is 0.462 e. The first-order valence-electron chi connectivity index (χ1n) is 33.9. The van der Waals surface area contributed by atoms with E-state index in [0.717, 1.165) is 116 Å². The van der Waals surface area contributed by atoms with Crippen molar-refractivity contribution in [1.82, 2.24) is 0 Å². The molecule has 0 radical (unpaired) electrons. The lowest BCUT2D eigenvalue weighted by Gasteiger charge is -2.24. The zero-order valence-electron chi connectivity index (χ0n) is 55.2. The Labute approximate surface area is 528 Å². The summed E-state index contributed by atoms with van der Waals surface area (Å²) in [5.74, 6) is -0.861. The van der Waals surface area contributed by atoms with Crippen LogP contribution in [-0.2, 0) is 32.7 Å². The Kier molecular flexibility index (Phi) is 61.3. The Hall–Kier alpha value is -4.63. The number of carbonyl (C=O) groups is 2. The van der Waals surface area contributed by atoms with E-state index < -0.39 is 26.5 Å². The van der Waals surface area contributed by atoms with Crippen LogP contribution in [-0.4, -0.2) is 74.9 Å². The predicted molar refractivity (Wildman–Crippen MR) is 371 cm³/mol. The fourth-order valence-electron chi connectivity index (χ4n) is 8.56. The molecule has 0 aromatic heterocycles. The number of rotatable bonds is 60. The molecular weight excluding hydrogens is 1090 g/mol. The number of phosphoric acid groups is 1. The number of hydrogen-bond acceptors (Lipinski definition) is 7. The van der Waals surface area contributed by atoms with Crippen LogP contribution in [0.25, 0.3) is 0 Å². The fraction of sp³-hybridized carbons (Fsp3) is 0.605. The third-order valence-electron chi connectivity index (χ3n) is 13.7. The fourth-order valence-corrected chi connectivity index (χ4v) is 9.30. The highest BCUT2D eigenvalue weighted by atomic mass is 31.2. The van der Waals surface area contributed by atoms with Gasteiger partial charge < -0.3 is 18.9 Å². The number of ether oxygens (including phenoxy) is 2. The monoisotopic (exact) mass is 1210 g/mol. The van der Waals surface area contributed by atoms with Crippen LogP contribution in [0.5, 0.6) is 0 Å². The number of carbonyl (C=O) groups excluding carboxylic acids is 2. The van der Waals surface area contributed by atoms with Crippen LogP contribution < -0.4 is 0 Å². The summed E-state index contributed by atoms with van der Waals surface area (Å²) in [4.78, 5) is 35.8. The van der Waals surface area contributed by atoms with E-state index in [1.165, 1.54) is 96.3 Å². The topological polar surface area (TPSA) is 108 Å². The zero-order chi connectivity index (χ0) is 62.6. The van der Waals surface area contributed by atoms with Crippen LogP contribution in [0.2, 0.25) is 0 Å². The van der Waals surface area contributed by atoms with Gasteiger partial charge in [-0.15, -0.1) is 0 Å². The maximum absolute atomic E-state index is 12.8. The maximum Gasteiger partial charge on any atom is 0.472 e. The molecule has 0 saturated carbocycles. The number of quaternary nitrogens is 1. The first-order valence-corrected chi connectivity index (χ1v) is 35.4. The minimum absolute atomic E-state index is 0.0138. The SMILES string of the molecule is CC/C=C\C/C=C\C/C=C\C/C=C\C/C=C\C/C=C\C/C=C\C/C=C\C/C=C\C/C=C\C/C=C\C/C=C\CCCCC(=O)OC(COC(=O)CCCCCCCCCCCCC/C=C\C/C=C\CCCCCCC)COP(=O)(O)OCC[N+](C)(C)C. The van der Waals surface area contributed by atoms with Crippen LogP contribution in [0.15, 0.2) is 170 Å². The number of unbranched alkanes of at least 4 members (excludes halogenated alkanes) is 18. The van der Waals surface area contributed by atoms with E-state index in [2.05, 4.69) is 184 Å². The molecule has 2 atom stereocenters. The lowest BCUT2D eigenvalue weighted by atomic mass is 10.0. The number of allylic oxidation sites excluding steroid dienone is 28. The normalized spacial score (nSPS) is 14.3. The summed E-state index contributed by atoms with van der Waals surface area (Å²) >= 11 is 0. The van der Waals surface area contributed by atoms with Gasteiger partial charge in [-0.25, -0.2) is 4.57 Å². The molecule has 0 fully saturated rings. The molecule has 0 bridgehead atoms. The third kappa shape index (κ3) is 68.5. The minimum Gasteiger partial charge on any atom is -0.462 e. The van der Waals surface area contributed by atoms with Crippen molar-refractivity contribution in [3.05, 3.63) is 170 Å². The second-order valence-corrected chi connectivity index (χ2v) is 24.6. The lowest BCUT2D eigenvalue weighted by Crippen LogP contribution is -2.37. The largest absolute Gasteiger partial charge is 0.472 e. The summed E-state index contributed by atoms with van der Waals surface area (Å²) < 4.78 is 34.6. The van der Waals surface area contributed by atoms with E-state index in [1.54, 1.807) is 0 Å². The summed E-state index contributed by atoms with van der Waals surface area (Å²) in [6, 6.07) is 0. The summed E-state index contributed by atoms with van der Waals surface area (Å²) in [5, 5.41) is 0. The van der Waals surface area contributed by atoms with E-state index in [1.807, 2.05) is 21.1 Å². The number of esters is 2. The first-order chi connectivity index (χ1) is 42.0. The molecule has 0 saturated heterocycles. The van der Waals surface area contributed by atoms with Gasteiger partial charge in [0.25, 0.3) is 0 Å². The van der Waals surface area contributed by atoms with Crippen LogP contribution in [0.3, 0.4) is 0 Å². The highest BCUT2D eigenvalue weighted by Crippen LogP contribution is 2.43. The van der Waals surface area contributed by atoms with Gasteiger partial charge in [0.2, 0.25) is 0 Å². The van der Waals surface area contributed by atoms with Gasteiger partial charge in [0.1, 0.15) is 19.8 Å². The van der Waals surface area contributed by atoms with Crippen LogP contribution >= 0.6 is 7.82 Å². The molecule has 486 valence electrons. The van der Waals surface area contributed by atoms with E-state index in [-0.39, 0.29) is 32.0 Å². The predicted octanol–water partition coefficient (Wildman–Crippen LogP) is 22.2. The van der Waals surface area contributed by atoms with Gasteiger partial charge in [-0.1, -0.05) is 267 Å². The summed E-state index contributed by atoms with van der Waals surface area (Å²) in [5.41, 5.74) is 0. The van der Waals surface area contributed by atoms with Crippen molar-refractivity contribution < 1.29 is 42.1 Å². The van der Waals surface area contributed by atoms with E-state index >= 15 is 0 Å². The summed E-state index contributed by atoms with van der Waals surface area (Å²) in [6.45, 7) is 4.24. The molecule has 1 N–H and O–H groups in total. The zero-order valence-corrected chi connectivity index (χ0v) is 56.1. The van der Waals surface area contributed by atoms with Crippen molar-refractivity contribution in [2.24, 2.45) is 0 Å². The average molecular weight is 1210 g/mol. The summed E-state index contributed by atoms with van der Waals surface area (Å²) in [7, 11) is 1.43. The Morgan fingerprint density at radius 2 is 0.663 bits per heavy atom. The number of nitrogens with zero attached hydrogens (tertiary/aromatic N) is 1. The van der Waals surface area contributed by atoms with Gasteiger partial charge in [0.15, 0.2) is 6.10 Å². The van der Waals surface area contributed by atoms with E-state index in [4.69, 9.17) is 18.5 Å². The van der Waals surface area contributed by atoms with Crippen LogP contribution in [0, 0.1) is 0 Å². The molecule has 2 unspecified atom stereocenters. The molecule has 0 aliphatic heterocycles. The number of likely N-dealkylation sites (N-methyl/N-ethyl adjacent to an activating group) is 1. The molecule has 0 amide bonds. The van der Waals surface area contributed by atoms with Crippen molar-refractivity contribution >= 4 is 19.8 Å². The average Bonchev–Trinajstić information content (AvgIpc) is 3.56. The minimum atomic E-state index is -4.42. The molecule has 0 heterocycles. The second-order valence-electron chi connectivity index (χ2n) is 23.1. The quantitative estimate of drug-likeness (QED) is 0.0211. The van der Waals surface area contributed by atoms with E-state index in [0.29, 0.717) is 17.4 Å². The Balaban J connectivity index is 4.24. The Morgan fingerprint density at radius 1 is 0.372 bits per heavy atom. The molecule has 0 aliphatic rings. The molecule has 0 aliphatic carbocycles. The van der Waals surface area contributed by atoms with Crippen LogP contribution in [0.1, 0.15) is 245 Å². The Morgan fingerprint density at radius 3 is 1.01 bits per heavy atom. The Bertz CT molecular complexity index is 2060. The molecule has 0 rings (SSSR count). The number of phosphoric ester groups is 1. The second kappa shape index (κ2) is 64.8. The van der Waals surface area contributed by atoms with Crippen molar-refractivity contribution in [2.45, 2.75) is 251 Å². The van der Waals surface area contributed by atoms with Crippen molar-refractivity contribution in [2.75, 3.05) is 47.5 Å². The highest BCUT2D eigenvalue weighted by molar-refractivity contribution is 7.47. The van der Waals surface area contributed by atoms with Gasteiger partial charge in [0, 0.05) is 12.8 Å². The molecule has 10 heteroatoms. The van der Waals surface area contributed by atoms with Gasteiger partial charge in [0.05, 0.1) is 27.7 Å². The highest BCUT2D eigenvalue weighted by Gasteiger charge is 2.27. The molecule has 9 nitrogen and oxygen atoms in total. The standard InChI is InChI=1S/C76H124NO8P/c1-6-8-10-12-14-16-18-20-22-24-26-28-30-31-32-33-34-35-36-37-38-39-40-41-42-43-44-45-47-49-51-53-55-57-59-61-63-65-67-69-76(79)85-74(73-84-86(80,81)83-71-70-77(3,4)5)72-82-75(78)68-66-64-62-60-58-56-54-52-50-48-46-29-27-25-23-21-19-17-15-13-11-9-7-2/h8,10,14,16,19-22,25-28,31-32,34-35,37-38,40-41,43-44,47,49,53,55,59,61,74H,6-7,9,11-13,15,17-18,23-24,29-30,33,36,39,42,45-46,48,50-52,54,56-58,60,62-73H2,1-5H3/p+1/b10-8-,16-14-,21-19-,22-20-,27-25-,28-26-,32-31-,35-34-,38-37-,41-40-,44-43-,49-47-,55-53-,61-59-. The molecule has 0 aromatic carbocycles. The van der Waals surface area contributed by atoms with Crippen molar-refractivity contribution in [3.8, 4) is 0 Å². The summed E-state index contributed by atoms with van der Waals surface area (Å²) in [6.07, 6.45) is 98.8. The van der Waals surface area contributed by atoms with Gasteiger partial charge in [-0.2, -0.15) is 0 Å². The van der Waals surface area contributed by atoms with Gasteiger partial charge in [-0.3, -0.25) is 18.6 Å². The third-order valence-corrected chi connectivity index (χ3v) is 14.7. The molecule has 0 aromatic rings. The molecule has 0 spiro atoms. The lowest BCUT2D eigenvalue weighted by molar-refractivity contribution is -0.870. The van der Waals surface area contributed by atoms with Crippen molar-refractivity contribution in [1.29, 1.82) is 0 Å². The van der Waals surface area contributed by atoms with Gasteiger partial charge >= 0.3 is 19.8 Å². The van der Waals surface area contributed by atoms with Crippen molar-refractivity contribution in [3.63, 3.8) is 0 Å². The van der Waals surface area contributed by atoms with Gasteiger partial charge in [-0.05, 0) is 135 Å². The number of hydrogen-bond donors (Lipinski definition) is 1. The van der Waals surface area contributed by atoms with E-state index in [9.17, 15) is 19.0 Å². The first kappa shape index (κ1) is 81.4.